The minimum absolute atomic E-state index is 0.405. The van der Waals surface area contributed by atoms with Gasteiger partial charge in [0.15, 0.2) is 0 Å². The van der Waals surface area contributed by atoms with Gasteiger partial charge in [0.2, 0.25) is 0 Å². The van der Waals surface area contributed by atoms with Crippen molar-refractivity contribution in [3.05, 3.63) is 59.5 Å². The van der Waals surface area contributed by atoms with Crippen molar-refractivity contribution in [3.63, 3.8) is 0 Å². The van der Waals surface area contributed by atoms with Crippen LogP contribution in [0.25, 0.3) is 10.9 Å². The van der Waals surface area contributed by atoms with E-state index in [1.807, 2.05) is 61.0 Å². The number of fused-ring (bicyclic) bond motifs is 1. The molecule has 0 bridgehead atoms. The minimum atomic E-state index is -1.05. The van der Waals surface area contributed by atoms with E-state index in [1.54, 1.807) is 0 Å². The lowest BCUT2D eigenvalue weighted by Gasteiger charge is -2.23. The number of carbonyl (C=O) groups is 1. The summed E-state index contributed by atoms with van der Waals surface area (Å²) in [6.07, 6.45) is 2.29. The molecule has 0 aliphatic heterocycles. The molecule has 0 radical (unpaired) electrons. The van der Waals surface area contributed by atoms with E-state index in [1.165, 1.54) is 0 Å². The van der Waals surface area contributed by atoms with Crippen molar-refractivity contribution in [2.24, 2.45) is 0 Å². The van der Waals surface area contributed by atoms with Crippen molar-refractivity contribution in [1.29, 1.82) is 0 Å². The average molecular weight is 281 g/mol. The molecule has 0 saturated heterocycles. The molecule has 2 aromatic heterocycles. The quantitative estimate of drug-likeness (QED) is 0.796. The van der Waals surface area contributed by atoms with Gasteiger partial charge in [-0.05, 0) is 37.6 Å². The van der Waals surface area contributed by atoms with Crippen LogP contribution in [-0.2, 0) is 11.2 Å². The summed E-state index contributed by atoms with van der Waals surface area (Å²) in [5, 5.41) is 12.7. The Hall–Kier alpha value is -2.49. The summed E-state index contributed by atoms with van der Waals surface area (Å²) in [7, 11) is 0. The second-order valence-corrected chi connectivity index (χ2v) is 5.38. The first-order valence-electron chi connectivity index (χ1n) is 6.98. The molecule has 0 saturated carbocycles. The number of para-hydroxylation sites is 1. The fraction of sp³-hybridized carbons (Fsp3) is 0.235. The Morgan fingerprint density at radius 3 is 2.52 bits per heavy atom. The molecule has 21 heavy (non-hydrogen) atoms. The summed E-state index contributed by atoms with van der Waals surface area (Å²) in [5.74, 6) is -1.05. The highest BCUT2D eigenvalue weighted by molar-refractivity contribution is 5.84. The van der Waals surface area contributed by atoms with Crippen LogP contribution >= 0.6 is 0 Å². The maximum absolute atomic E-state index is 11.6. The van der Waals surface area contributed by atoms with E-state index >= 15 is 0 Å². The molecule has 2 heterocycles. The van der Waals surface area contributed by atoms with Crippen LogP contribution in [0.15, 0.2) is 42.6 Å². The first-order valence-corrected chi connectivity index (χ1v) is 6.98. The van der Waals surface area contributed by atoms with Crippen molar-refractivity contribution in [3.8, 4) is 0 Å². The normalized spacial score (nSPS) is 12.7. The van der Waals surface area contributed by atoms with E-state index < -0.39 is 12.0 Å². The van der Waals surface area contributed by atoms with Crippen LogP contribution in [0, 0.1) is 13.8 Å². The molecule has 0 aliphatic carbocycles. The molecule has 0 unspecified atom stereocenters. The molecule has 1 atom stereocenters. The lowest BCUT2D eigenvalue weighted by molar-refractivity contribution is -0.310. The zero-order chi connectivity index (χ0) is 15.0. The Morgan fingerprint density at radius 1 is 1.19 bits per heavy atom. The van der Waals surface area contributed by atoms with Gasteiger partial charge in [-0.15, -0.1) is 0 Å². The number of aromatic amines is 1. The molecular weight excluding hydrogens is 264 g/mol. The fourth-order valence-corrected chi connectivity index (χ4v) is 2.96. The standard InChI is InChI=1S/C17H18N2O2/c1-11-7-8-12(2)19(11)16(17(20)21)9-13-10-18-15-6-4-3-5-14(13)15/h3-8,10,16,18H,9H2,1-2H3,(H,20,21)/p-1/t16-/m1/s1. The van der Waals surface area contributed by atoms with E-state index in [2.05, 4.69) is 4.98 Å². The maximum Gasteiger partial charge on any atom is 0.0770 e. The van der Waals surface area contributed by atoms with E-state index in [-0.39, 0.29) is 0 Å². The number of aromatic nitrogens is 2. The van der Waals surface area contributed by atoms with Gasteiger partial charge in [-0.2, -0.15) is 0 Å². The Balaban J connectivity index is 2.02. The van der Waals surface area contributed by atoms with Crippen LogP contribution in [0.2, 0.25) is 0 Å². The topological polar surface area (TPSA) is 60.8 Å². The lowest BCUT2D eigenvalue weighted by Crippen LogP contribution is -2.35. The molecule has 108 valence electrons. The molecule has 0 fully saturated rings. The van der Waals surface area contributed by atoms with Crippen LogP contribution in [-0.4, -0.2) is 15.5 Å². The largest absolute Gasteiger partial charge is 0.548 e. The van der Waals surface area contributed by atoms with Crippen molar-refractivity contribution in [1.82, 2.24) is 9.55 Å². The first-order chi connectivity index (χ1) is 10.1. The van der Waals surface area contributed by atoms with Gasteiger partial charge in [-0.3, -0.25) is 0 Å². The number of aryl methyl sites for hydroxylation is 2. The number of rotatable bonds is 4. The van der Waals surface area contributed by atoms with Crippen molar-refractivity contribution in [2.75, 3.05) is 0 Å². The predicted molar refractivity (Wildman–Crippen MR) is 80.0 cm³/mol. The number of benzene rings is 1. The number of aliphatic carboxylic acids is 1. The first kappa shape index (κ1) is 13.5. The zero-order valence-electron chi connectivity index (χ0n) is 12.1. The Bertz CT molecular complexity index is 779. The summed E-state index contributed by atoms with van der Waals surface area (Å²) in [6.45, 7) is 3.83. The third-order valence-electron chi connectivity index (χ3n) is 4.00. The summed E-state index contributed by atoms with van der Waals surface area (Å²) in [6, 6.07) is 11.1. The number of carbonyl (C=O) groups excluding carboxylic acids is 1. The summed E-state index contributed by atoms with van der Waals surface area (Å²) in [5.41, 5.74) is 3.88. The van der Waals surface area contributed by atoms with Crippen LogP contribution in [0.3, 0.4) is 0 Å². The van der Waals surface area contributed by atoms with Crippen LogP contribution in [0.4, 0.5) is 0 Å². The van der Waals surface area contributed by atoms with E-state index in [9.17, 15) is 9.90 Å². The molecule has 3 aromatic rings. The second kappa shape index (κ2) is 5.13. The van der Waals surface area contributed by atoms with Gasteiger partial charge in [0.25, 0.3) is 0 Å². The average Bonchev–Trinajstić information content (AvgIpc) is 3.01. The van der Waals surface area contributed by atoms with Crippen molar-refractivity contribution >= 4 is 16.9 Å². The Labute approximate surface area is 123 Å². The number of carboxylic acids is 1. The monoisotopic (exact) mass is 281 g/mol. The molecule has 1 N–H and O–H groups in total. The molecule has 4 nitrogen and oxygen atoms in total. The summed E-state index contributed by atoms with van der Waals surface area (Å²) >= 11 is 0. The van der Waals surface area contributed by atoms with Crippen LogP contribution in [0.1, 0.15) is 23.0 Å². The molecule has 0 amide bonds. The second-order valence-electron chi connectivity index (χ2n) is 5.38. The molecule has 0 aliphatic rings. The SMILES string of the molecule is Cc1ccc(C)n1[C@H](Cc1c[nH]c2ccccc12)C(=O)[O-]. The summed E-state index contributed by atoms with van der Waals surface area (Å²) in [4.78, 5) is 14.8. The molecule has 4 heteroatoms. The Kier molecular flexibility index (Phi) is 3.29. The Morgan fingerprint density at radius 2 is 1.86 bits per heavy atom. The van der Waals surface area contributed by atoms with Gasteiger partial charge in [-0.1, -0.05) is 18.2 Å². The van der Waals surface area contributed by atoms with Gasteiger partial charge >= 0.3 is 0 Å². The highest BCUT2D eigenvalue weighted by Crippen LogP contribution is 2.25. The van der Waals surface area contributed by atoms with E-state index in [0.29, 0.717) is 6.42 Å². The third kappa shape index (κ3) is 2.33. The van der Waals surface area contributed by atoms with Gasteiger partial charge in [0.05, 0.1) is 12.0 Å². The van der Waals surface area contributed by atoms with Gasteiger partial charge < -0.3 is 19.5 Å². The smallest absolute Gasteiger partial charge is 0.0770 e. The van der Waals surface area contributed by atoms with Gasteiger partial charge in [0.1, 0.15) is 0 Å². The van der Waals surface area contributed by atoms with E-state index in [4.69, 9.17) is 0 Å². The minimum Gasteiger partial charge on any atom is -0.548 e. The van der Waals surface area contributed by atoms with Gasteiger partial charge in [-0.25, -0.2) is 0 Å². The maximum atomic E-state index is 11.6. The van der Waals surface area contributed by atoms with Crippen LogP contribution < -0.4 is 5.11 Å². The number of nitrogens with one attached hydrogen (secondary N) is 1. The van der Waals surface area contributed by atoms with Gasteiger partial charge in [0, 0.05) is 34.9 Å². The molecule has 3 rings (SSSR count). The zero-order valence-corrected chi connectivity index (χ0v) is 12.1. The predicted octanol–water partition coefficient (Wildman–Crippen LogP) is 2.12. The summed E-state index contributed by atoms with van der Waals surface area (Å²) < 4.78 is 1.83. The van der Waals surface area contributed by atoms with Crippen molar-refractivity contribution in [2.45, 2.75) is 26.3 Å². The number of nitrogens with zero attached hydrogens (tertiary/aromatic N) is 1. The molecule has 1 aromatic carbocycles. The number of H-pyrrole nitrogens is 1. The third-order valence-corrected chi connectivity index (χ3v) is 4.00. The fourth-order valence-electron chi connectivity index (χ4n) is 2.96. The lowest BCUT2D eigenvalue weighted by atomic mass is 10.0. The van der Waals surface area contributed by atoms with Crippen molar-refractivity contribution < 1.29 is 9.90 Å². The highest BCUT2D eigenvalue weighted by atomic mass is 16.4. The highest BCUT2D eigenvalue weighted by Gasteiger charge is 2.18. The van der Waals surface area contributed by atoms with E-state index in [0.717, 1.165) is 27.9 Å². The van der Waals surface area contributed by atoms with Crippen LogP contribution in [0.5, 0.6) is 0 Å². The number of carboxylic acid groups (broad SMARTS) is 1. The molecule has 0 spiro atoms. The number of hydrogen-bond donors (Lipinski definition) is 1. The number of hydrogen-bond acceptors (Lipinski definition) is 2. The molecular formula is C17H17N2O2-.